The molecule has 3 rings (SSSR count). The van der Waals surface area contributed by atoms with Crippen molar-refractivity contribution in [2.24, 2.45) is 0 Å². The van der Waals surface area contributed by atoms with Gasteiger partial charge >= 0.3 is 58.4 Å². The van der Waals surface area contributed by atoms with Gasteiger partial charge in [-0.2, -0.15) is 0 Å². The Bertz CT molecular complexity index is 693. The molecule has 1 aliphatic heterocycles. The Morgan fingerprint density at radius 1 is 1.13 bits per heavy atom. The second kappa shape index (κ2) is 7.57. The summed E-state index contributed by atoms with van der Waals surface area (Å²) >= 11 is 0. The molecule has 0 fully saturated rings. The van der Waals surface area contributed by atoms with Crippen LogP contribution in [0.25, 0.3) is 0 Å². The summed E-state index contributed by atoms with van der Waals surface area (Å²) in [6, 6.07) is 9.55. The van der Waals surface area contributed by atoms with E-state index in [1.165, 1.54) is 0 Å². The maximum atomic E-state index is 13.2. The Kier molecular flexibility index (Phi) is 6.18. The minimum Gasteiger partial charge on any atom is -0.496 e. The van der Waals surface area contributed by atoms with Crippen LogP contribution >= 0.6 is 0 Å². The molecule has 1 aliphatic rings. The van der Waals surface area contributed by atoms with E-state index in [0.29, 0.717) is 18.4 Å². The topological polar surface area (TPSA) is 18.5 Å². The van der Waals surface area contributed by atoms with Crippen LogP contribution in [-0.2, 0) is 0 Å². The van der Waals surface area contributed by atoms with Gasteiger partial charge in [-0.05, 0) is 12.1 Å². The molecule has 0 spiro atoms. The maximum Gasteiger partial charge on any atom is 1.00 e. The monoisotopic (exact) mass is 350 g/mol. The van der Waals surface area contributed by atoms with Gasteiger partial charge in [-0.3, -0.25) is 0 Å². The summed E-state index contributed by atoms with van der Waals surface area (Å²) in [7, 11) is 0. The van der Waals surface area contributed by atoms with Crippen molar-refractivity contribution in [2.45, 2.75) is 5.92 Å². The molecule has 0 amide bonds. The first-order valence-electron chi connectivity index (χ1n) is 6.79. The fraction of sp³-hybridized carbons (Fsp3) is 0.200. The largest absolute Gasteiger partial charge is 1.00 e. The van der Waals surface area contributed by atoms with Crippen LogP contribution in [0, 0.1) is 5.82 Å². The summed E-state index contributed by atoms with van der Waals surface area (Å²) in [6.07, 6.45) is 0. The molecule has 0 bridgehead atoms. The van der Waals surface area contributed by atoms with Gasteiger partial charge in [-0.15, -0.1) is 0 Å². The minimum absolute atomic E-state index is 0. The molecule has 116 valence electrons. The molecule has 0 radical (unpaired) electrons. The smallest absolute Gasteiger partial charge is 0.496 e. The molecule has 8 heteroatoms. The number of fused-ring (bicyclic) bond motifs is 1. The van der Waals surface area contributed by atoms with Gasteiger partial charge in [0.25, 0.3) is 0 Å². The van der Waals surface area contributed by atoms with Crippen LogP contribution in [0.15, 0.2) is 42.5 Å². The standard InChI is InChI=1S/C15H12BF4O2.K/c17-11-5-6-13(16(18,19)20)15(7-11)22-9-10-8-21-14-4-2-1-3-12(10)14;/h1-7,10H,8-9H2;/q-1;+1. The Hall–Kier alpha value is -0.539. The molecule has 1 heterocycles. The summed E-state index contributed by atoms with van der Waals surface area (Å²) in [4.78, 5) is 0. The van der Waals surface area contributed by atoms with E-state index in [0.717, 1.165) is 17.7 Å². The first-order chi connectivity index (χ1) is 10.4. The van der Waals surface area contributed by atoms with Gasteiger partial charge in [0.2, 0.25) is 0 Å². The molecule has 0 N–H and O–H groups in total. The van der Waals surface area contributed by atoms with Crippen LogP contribution in [0.5, 0.6) is 11.5 Å². The number of rotatable bonds is 4. The third kappa shape index (κ3) is 4.30. The molecule has 0 aromatic heterocycles. The second-order valence-corrected chi connectivity index (χ2v) is 5.11. The third-order valence-corrected chi connectivity index (χ3v) is 3.57. The van der Waals surface area contributed by atoms with E-state index < -0.39 is 24.0 Å². The van der Waals surface area contributed by atoms with Crippen LogP contribution in [0.4, 0.5) is 17.3 Å². The quantitative estimate of drug-likeness (QED) is 0.589. The van der Waals surface area contributed by atoms with Gasteiger partial charge in [-0.1, -0.05) is 29.7 Å². The van der Waals surface area contributed by atoms with Crippen molar-refractivity contribution in [1.29, 1.82) is 0 Å². The SMILES string of the molecule is Fc1ccc([B-](F)(F)F)c(OCC2COc3ccccc32)c1.[K+]. The zero-order chi connectivity index (χ0) is 15.7. The van der Waals surface area contributed by atoms with Crippen molar-refractivity contribution in [1.82, 2.24) is 0 Å². The average Bonchev–Trinajstić information content (AvgIpc) is 2.87. The van der Waals surface area contributed by atoms with Crippen molar-refractivity contribution in [2.75, 3.05) is 13.2 Å². The molecule has 23 heavy (non-hydrogen) atoms. The molecular weight excluding hydrogens is 338 g/mol. The van der Waals surface area contributed by atoms with Crippen molar-refractivity contribution >= 4 is 12.4 Å². The first-order valence-corrected chi connectivity index (χ1v) is 6.79. The molecule has 1 unspecified atom stereocenters. The Morgan fingerprint density at radius 3 is 2.61 bits per heavy atom. The first kappa shape index (κ1) is 18.8. The Balaban J connectivity index is 0.00000192. The Morgan fingerprint density at radius 2 is 1.87 bits per heavy atom. The van der Waals surface area contributed by atoms with E-state index in [1.54, 1.807) is 6.07 Å². The predicted molar refractivity (Wildman–Crippen MR) is 75.3 cm³/mol. The van der Waals surface area contributed by atoms with E-state index in [1.807, 2.05) is 18.2 Å². The predicted octanol–water partition coefficient (Wildman–Crippen LogP) is 0.439. The molecular formula is C15H12BF4KO2. The van der Waals surface area contributed by atoms with Gasteiger partial charge in [0.15, 0.2) is 0 Å². The minimum atomic E-state index is -5.26. The van der Waals surface area contributed by atoms with Gasteiger partial charge in [0.05, 0.1) is 24.9 Å². The number of benzene rings is 2. The summed E-state index contributed by atoms with van der Waals surface area (Å²) in [5.74, 6) is -0.706. The number of halogens is 4. The van der Waals surface area contributed by atoms with Crippen LogP contribution < -0.4 is 66.3 Å². The molecule has 0 aliphatic carbocycles. The summed E-state index contributed by atoms with van der Waals surface area (Å²) < 4.78 is 62.8. The van der Waals surface area contributed by atoms with Crippen LogP contribution in [0.1, 0.15) is 11.5 Å². The van der Waals surface area contributed by atoms with E-state index in [2.05, 4.69) is 0 Å². The zero-order valence-electron chi connectivity index (χ0n) is 12.4. The van der Waals surface area contributed by atoms with Gasteiger partial charge in [0, 0.05) is 11.6 Å². The Labute approximate surface area is 173 Å². The third-order valence-electron chi connectivity index (χ3n) is 3.57. The van der Waals surface area contributed by atoms with Crippen molar-refractivity contribution < 1.29 is 78.2 Å². The van der Waals surface area contributed by atoms with Gasteiger partial charge < -0.3 is 22.4 Å². The van der Waals surface area contributed by atoms with E-state index in [-0.39, 0.29) is 63.9 Å². The summed E-state index contributed by atoms with van der Waals surface area (Å²) in [6.45, 7) is -4.92. The van der Waals surface area contributed by atoms with E-state index in [4.69, 9.17) is 9.47 Å². The summed E-state index contributed by atoms with van der Waals surface area (Å²) in [5.41, 5.74) is -0.0356. The maximum absolute atomic E-state index is 13.2. The van der Waals surface area contributed by atoms with Crippen molar-refractivity contribution in [3.05, 3.63) is 53.8 Å². The number of ether oxygens (including phenoxy) is 2. The molecule has 0 saturated heterocycles. The van der Waals surface area contributed by atoms with Crippen LogP contribution in [-0.4, -0.2) is 20.2 Å². The van der Waals surface area contributed by atoms with Crippen molar-refractivity contribution in [3.63, 3.8) is 0 Å². The van der Waals surface area contributed by atoms with Gasteiger partial charge in [0.1, 0.15) is 11.6 Å². The van der Waals surface area contributed by atoms with Crippen LogP contribution in [0.2, 0.25) is 0 Å². The average molecular weight is 350 g/mol. The zero-order valence-corrected chi connectivity index (χ0v) is 15.6. The second-order valence-electron chi connectivity index (χ2n) is 5.11. The summed E-state index contributed by atoms with van der Waals surface area (Å²) in [5, 5.41) is 0. The normalized spacial score (nSPS) is 16.3. The van der Waals surface area contributed by atoms with E-state index in [9.17, 15) is 17.3 Å². The number of hydrogen-bond acceptors (Lipinski definition) is 2. The molecule has 2 aromatic carbocycles. The number of hydrogen-bond donors (Lipinski definition) is 0. The molecule has 0 saturated carbocycles. The molecule has 2 aromatic rings. The number of para-hydroxylation sites is 1. The molecule has 1 atom stereocenters. The van der Waals surface area contributed by atoms with Gasteiger partial charge in [-0.25, -0.2) is 4.39 Å². The molecule has 2 nitrogen and oxygen atoms in total. The fourth-order valence-electron chi connectivity index (χ4n) is 2.46. The van der Waals surface area contributed by atoms with E-state index >= 15 is 0 Å². The van der Waals surface area contributed by atoms with Crippen LogP contribution in [0.3, 0.4) is 0 Å². The fourth-order valence-corrected chi connectivity index (χ4v) is 2.46. The van der Waals surface area contributed by atoms with Crippen molar-refractivity contribution in [3.8, 4) is 11.5 Å².